The number of halogens is 1. The van der Waals surface area contributed by atoms with Crippen molar-refractivity contribution in [1.82, 2.24) is 4.98 Å². The Bertz CT molecular complexity index is 460. The third-order valence-electron chi connectivity index (χ3n) is 1.78. The summed E-state index contributed by atoms with van der Waals surface area (Å²) in [6.07, 6.45) is 1.91. The van der Waals surface area contributed by atoms with Crippen molar-refractivity contribution in [3.8, 4) is 0 Å². The first-order chi connectivity index (χ1) is 6.27. The molecule has 0 aliphatic carbocycles. The predicted octanol–water partition coefficient (Wildman–Crippen LogP) is -2.38. The summed E-state index contributed by atoms with van der Waals surface area (Å²) in [7, 11) is 0. The molecular formula is C9H10IN3S. The van der Waals surface area contributed by atoms with E-state index in [1.54, 1.807) is 0 Å². The minimum Gasteiger partial charge on any atom is -1.00 e. The Kier molecular flexibility index (Phi) is 3.99. The Hall–Kier alpha value is -0.500. The smallest absolute Gasteiger partial charge is 0.322 e. The SMILES string of the molecule is NC(N)=[S+]c1c[nH]c2ccccc12.[I-]. The van der Waals surface area contributed by atoms with E-state index in [0.29, 0.717) is 5.11 Å². The van der Waals surface area contributed by atoms with Crippen LogP contribution in [0.15, 0.2) is 35.4 Å². The van der Waals surface area contributed by atoms with Crippen LogP contribution in [0, 0.1) is 0 Å². The zero-order chi connectivity index (χ0) is 9.26. The van der Waals surface area contributed by atoms with Crippen molar-refractivity contribution in [2.45, 2.75) is 4.90 Å². The molecule has 1 aromatic carbocycles. The molecule has 0 radical (unpaired) electrons. The summed E-state index contributed by atoms with van der Waals surface area (Å²) in [6.45, 7) is 0. The third kappa shape index (κ3) is 2.30. The normalized spacial score (nSPS) is 9.57. The maximum Gasteiger partial charge on any atom is 0.322 e. The molecule has 0 saturated heterocycles. The Labute approximate surface area is 103 Å². The number of rotatable bonds is 1. The van der Waals surface area contributed by atoms with E-state index in [1.807, 2.05) is 30.5 Å². The fraction of sp³-hybridized carbons (Fsp3) is 0. The zero-order valence-corrected chi connectivity index (χ0v) is 10.3. The quantitative estimate of drug-likeness (QED) is 0.312. The van der Waals surface area contributed by atoms with Gasteiger partial charge in [-0.1, -0.05) is 12.1 Å². The predicted molar refractivity (Wildman–Crippen MR) is 57.3 cm³/mol. The van der Waals surface area contributed by atoms with Crippen molar-refractivity contribution in [3.63, 3.8) is 0 Å². The van der Waals surface area contributed by atoms with Gasteiger partial charge in [-0.15, -0.1) is 0 Å². The summed E-state index contributed by atoms with van der Waals surface area (Å²) in [5.41, 5.74) is 11.9. The summed E-state index contributed by atoms with van der Waals surface area (Å²) in [4.78, 5) is 4.21. The first-order valence-corrected chi connectivity index (χ1v) is 4.71. The van der Waals surface area contributed by atoms with E-state index < -0.39 is 0 Å². The van der Waals surface area contributed by atoms with Gasteiger partial charge in [-0.2, -0.15) is 0 Å². The Morgan fingerprint density at radius 3 is 2.64 bits per heavy atom. The number of hydrogen-bond acceptors (Lipinski definition) is 0. The average Bonchev–Trinajstić information content (AvgIpc) is 2.48. The molecule has 0 saturated carbocycles. The highest BCUT2D eigenvalue weighted by molar-refractivity contribution is 7.78. The van der Waals surface area contributed by atoms with E-state index in [9.17, 15) is 0 Å². The molecule has 2 aromatic rings. The monoisotopic (exact) mass is 319 g/mol. The fourth-order valence-corrected chi connectivity index (χ4v) is 1.92. The van der Waals surface area contributed by atoms with Crippen molar-refractivity contribution >= 4 is 27.4 Å². The van der Waals surface area contributed by atoms with Crippen LogP contribution in [0.3, 0.4) is 0 Å². The lowest BCUT2D eigenvalue weighted by molar-refractivity contribution is -0.00000280. The van der Waals surface area contributed by atoms with Crippen LogP contribution in [0.25, 0.3) is 10.9 Å². The Morgan fingerprint density at radius 2 is 1.93 bits per heavy atom. The van der Waals surface area contributed by atoms with Gasteiger partial charge < -0.3 is 29.0 Å². The summed E-state index contributed by atoms with van der Waals surface area (Å²) >= 11 is 1.38. The topological polar surface area (TPSA) is 67.8 Å². The van der Waals surface area contributed by atoms with Gasteiger partial charge in [0.15, 0.2) is 0 Å². The molecule has 1 heterocycles. The minimum atomic E-state index is 0. The number of fused-ring (bicyclic) bond motifs is 1. The molecular weight excluding hydrogens is 309 g/mol. The number of aromatic nitrogens is 1. The van der Waals surface area contributed by atoms with Gasteiger partial charge in [-0.05, 0) is 12.1 Å². The van der Waals surface area contributed by atoms with Crippen LogP contribution in [0.5, 0.6) is 0 Å². The molecule has 5 heteroatoms. The number of para-hydroxylation sites is 1. The third-order valence-corrected chi connectivity index (χ3v) is 2.57. The standard InChI is InChI=1S/C9H10N3S.HI/c10-9(11)13-8-5-12-7-4-2-1-3-6(7)8;/h1-5,12H,10-11H2;1H/q+1;/p-1. The zero-order valence-electron chi connectivity index (χ0n) is 7.33. The molecule has 0 aliphatic rings. The molecule has 0 amide bonds. The molecule has 0 spiro atoms. The average molecular weight is 319 g/mol. The van der Waals surface area contributed by atoms with Gasteiger partial charge in [-0.3, -0.25) is 0 Å². The number of nitrogens with two attached hydrogens (primary N) is 2. The second-order valence-electron chi connectivity index (χ2n) is 2.70. The summed E-state index contributed by atoms with van der Waals surface area (Å²) in [5.74, 6) is 0. The second kappa shape index (κ2) is 4.83. The van der Waals surface area contributed by atoms with Crippen LogP contribution in [0.1, 0.15) is 0 Å². The van der Waals surface area contributed by atoms with Gasteiger partial charge in [0.25, 0.3) is 16.2 Å². The van der Waals surface area contributed by atoms with Crippen LogP contribution in [0.2, 0.25) is 0 Å². The fourth-order valence-electron chi connectivity index (χ4n) is 1.26. The number of H-pyrrole nitrogens is 1. The van der Waals surface area contributed by atoms with Crippen LogP contribution >= 0.6 is 0 Å². The van der Waals surface area contributed by atoms with Gasteiger partial charge in [0.1, 0.15) is 0 Å². The van der Waals surface area contributed by atoms with E-state index in [-0.39, 0.29) is 24.0 Å². The van der Waals surface area contributed by atoms with E-state index in [2.05, 4.69) is 4.98 Å². The Morgan fingerprint density at radius 1 is 1.21 bits per heavy atom. The molecule has 0 atom stereocenters. The molecule has 3 nitrogen and oxygen atoms in total. The first kappa shape index (κ1) is 11.6. The largest absolute Gasteiger partial charge is 1.00 e. The summed E-state index contributed by atoms with van der Waals surface area (Å²) in [6, 6.07) is 8.04. The Balaban J connectivity index is 0.000000980. The van der Waals surface area contributed by atoms with Crippen molar-refractivity contribution in [2.24, 2.45) is 11.5 Å². The maximum absolute atomic E-state index is 5.42. The lowest BCUT2D eigenvalue weighted by atomic mass is 10.2. The van der Waals surface area contributed by atoms with E-state index in [1.165, 1.54) is 11.4 Å². The molecule has 0 bridgehead atoms. The number of benzene rings is 1. The van der Waals surface area contributed by atoms with Gasteiger partial charge in [0.05, 0.1) is 17.1 Å². The number of hydrogen-bond donors (Lipinski definition) is 3. The summed E-state index contributed by atoms with van der Waals surface area (Å²) in [5, 5.41) is 1.52. The van der Waals surface area contributed by atoms with E-state index in [4.69, 9.17) is 11.5 Å². The highest BCUT2D eigenvalue weighted by Crippen LogP contribution is 2.17. The molecule has 0 aliphatic heterocycles. The molecule has 74 valence electrons. The van der Waals surface area contributed by atoms with Gasteiger partial charge in [0.2, 0.25) is 0 Å². The molecule has 2 rings (SSSR count). The second-order valence-corrected chi connectivity index (χ2v) is 3.82. The molecule has 1 aromatic heterocycles. The summed E-state index contributed by atoms with van der Waals surface area (Å²) < 4.78 is 0. The number of aromatic amines is 1. The molecule has 0 unspecified atom stereocenters. The van der Waals surface area contributed by atoms with Crippen molar-refractivity contribution < 1.29 is 24.0 Å². The van der Waals surface area contributed by atoms with E-state index in [0.717, 1.165) is 15.8 Å². The minimum absolute atomic E-state index is 0. The lowest BCUT2D eigenvalue weighted by Crippen LogP contribution is -3.00. The maximum atomic E-state index is 5.42. The van der Waals surface area contributed by atoms with Crippen LogP contribution < -0.4 is 35.4 Å². The molecule has 0 fully saturated rings. The van der Waals surface area contributed by atoms with Gasteiger partial charge in [-0.25, -0.2) is 11.5 Å². The molecule has 14 heavy (non-hydrogen) atoms. The van der Waals surface area contributed by atoms with Crippen LogP contribution in [-0.2, 0) is 11.4 Å². The van der Waals surface area contributed by atoms with E-state index >= 15 is 0 Å². The highest BCUT2D eigenvalue weighted by atomic mass is 127. The van der Waals surface area contributed by atoms with Crippen LogP contribution in [0.4, 0.5) is 0 Å². The van der Waals surface area contributed by atoms with Crippen molar-refractivity contribution in [3.05, 3.63) is 30.5 Å². The van der Waals surface area contributed by atoms with Gasteiger partial charge >= 0.3 is 5.11 Å². The highest BCUT2D eigenvalue weighted by Gasteiger charge is 2.11. The van der Waals surface area contributed by atoms with Crippen molar-refractivity contribution in [1.29, 1.82) is 0 Å². The van der Waals surface area contributed by atoms with Gasteiger partial charge in [0, 0.05) is 0 Å². The lowest BCUT2D eigenvalue weighted by Gasteiger charge is -1.83. The molecule has 5 N–H and O–H groups in total. The van der Waals surface area contributed by atoms with Crippen LogP contribution in [-0.4, -0.2) is 10.1 Å². The first-order valence-electron chi connectivity index (χ1n) is 3.89. The number of nitrogens with one attached hydrogen (secondary N) is 1. The van der Waals surface area contributed by atoms with Crippen molar-refractivity contribution in [2.75, 3.05) is 0 Å².